The van der Waals surface area contributed by atoms with Crippen LogP contribution in [0.25, 0.3) is 0 Å². The highest BCUT2D eigenvalue weighted by Gasteiger charge is 2.37. The van der Waals surface area contributed by atoms with Gasteiger partial charge in [0, 0.05) is 18.5 Å². The van der Waals surface area contributed by atoms with E-state index in [2.05, 4.69) is 53.8 Å². The molecule has 0 spiro atoms. The number of aliphatic hydroxyl groups is 1. The van der Waals surface area contributed by atoms with Gasteiger partial charge in [-0.3, -0.25) is 0 Å². The molecule has 0 heterocycles. The first-order valence-corrected chi connectivity index (χ1v) is 7.28. The Morgan fingerprint density at radius 2 is 1.75 bits per heavy atom. The summed E-state index contributed by atoms with van der Waals surface area (Å²) in [5.74, 6) is 0. The summed E-state index contributed by atoms with van der Waals surface area (Å²) in [4.78, 5) is 0. The summed E-state index contributed by atoms with van der Waals surface area (Å²) in [6.45, 7) is 1.89. The molecule has 2 heteroatoms. The summed E-state index contributed by atoms with van der Waals surface area (Å²) in [7, 11) is 0. The highest BCUT2D eigenvalue weighted by atomic mass is 16.3. The highest BCUT2D eigenvalue weighted by Crippen LogP contribution is 2.38. The van der Waals surface area contributed by atoms with Gasteiger partial charge in [0.15, 0.2) is 0 Å². The predicted molar refractivity (Wildman–Crippen MR) is 81.7 cm³/mol. The topological polar surface area (TPSA) is 32.3 Å². The van der Waals surface area contributed by atoms with E-state index in [0.29, 0.717) is 0 Å². The van der Waals surface area contributed by atoms with Crippen LogP contribution in [0.15, 0.2) is 54.6 Å². The van der Waals surface area contributed by atoms with E-state index in [-0.39, 0.29) is 12.0 Å². The van der Waals surface area contributed by atoms with Gasteiger partial charge in [-0.1, -0.05) is 54.6 Å². The van der Waals surface area contributed by atoms with Gasteiger partial charge in [-0.05, 0) is 29.5 Å². The van der Waals surface area contributed by atoms with E-state index in [1.165, 1.54) is 16.7 Å². The van der Waals surface area contributed by atoms with Gasteiger partial charge in [-0.25, -0.2) is 0 Å². The number of rotatable bonds is 5. The number of hydrogen-bond acceptors (Lipinski definition) is 2. The molecule has 104 valence electrons. The number of nitrogens with one attached hydrogen (secondary N) is 1. The number of aryl methyl sites for hydroxylation is 1. The molecule has 1 atom stereocenters. The minimum absolute atomic E-state index is 0.106. The molecule has 0 aromatic heterocycles. The second-order valence-corrected chi connectivity index (χ2v) is 5.68. The minimum Gasteiger partial charge on any atom is -0.395 e. The largest absolute Gasteiger partial charge is 0.395 e. The average molecular weight is 267 g/mol. The third kappa shape index (κ3) is 2.49. The van der Waals surface area contributed by atoms with Crippen LogP contribution in [-0.4, -0.2) is 18.3 Å². The van der Waals surface area contributed by atoms with Crippen molar-refractivity contribution in [2.45, 2.75) is 24.8 Å². The van der Waals surface area contributed by atoms with E-state index in [1.54, 1.807) is 0 Å². The summed E-state index contributed by atoms with van der Waals surface area (Å²) in [5.41, 5.74) is 3.89. The molecular formula is C18H21NO. The second-order valence-electron chi connectivity index (χ2n) is 5.68. The normalized spacial score (nSPS) is 20.9. The maximum absolute atomic E-state index is 9.92. The summed E-state index contributed by atoms with van der Waals surface area (Å²) in [6.07, 6.45) is 2.11. The quantitative estimate of drug-likeness (QED) is 0.873. The standard InChI is InChI=1S/C18H21NO/c20-14-18(11-10-16-8-4-5-9-17(16)18)13-19-12-15-6-2-1-3-7-15/h1-9,19-20H,10-14H2/t18-/m1/s1. The zero-order valence-electron chi connectivity index (χ0n) is 11.7. The van der Waals surface area contributed by atoms with Gasteiger partial charge in [0.05, 0.1) is 6.61 Å². The molecule has 2 nitrogen and oxygen atoms in total. The zero-order valence-corrected chi connectivity index (χ0v) is 11.7. The molecule has 3 rings (SSSR count). The molecule has 2 aromatic carbocycles. The van der Waals surface area contributed by atoms with Crippen molar-refractivity contribution in [3.63, 3.8) is 0 Å². The summed E-state index contributed by atoms with van der Waals surface area (Å²) in [6, 6.07) is 18.9. The van der Waals surface area contributed by atoms with E-state index in [0.717, 1.165) is 25.9 Å². The van der Waals surface area contributed by atoms with Gasteiger partial charge >= 0.3 is 0 Å². The van der Waals surface area contributed by atoms with Crippen LogP contribution in [0.1, 0.15) is 23.1 Å². The Hall–Kier alpha value is -1.64. The Labute approximate surface area is 120 Å². The third-order valence-electron chi connectivity index (χ3n) is 4.40. The first kappa shape index (κ1) is 13.3. The van der Waals surface area contributed by atoms with Crippen molar-refractivity contribution in [1.29, 1.82) is 0 Å². The second kappa shape index (κ2) is 5.78. The van der Waals surface area contributed by atoms with Gasteiger partial charge in [0.25, 0.3) is 0 Å². The summed E-state index contributed by atoms with van der Waals surface area (Å²) < 4.78 is 0. The maximum Gasteiger partial charge on any atom is 0.0540 e. The molecule has 20 heavy (non-hydrogen) atoms. The number of fused-ring (bicyclic) bond motifs is 1. The third-order valence-corrected chi connectivity index (χ3v) is 4.40. The van der Waals surface area contributed by atoms with Crippen molar-refractivity contribution >= 4 is 0 Å². The fourth-order valence-corrected chi connectivity index (χ4v) is 3.21. The van der Waals surface area contributed by atoms with Crippen LogP contribution in [0, 0.1) is 0 Å². The molecule has 0 saturated heterocycles. The van der Waals surface area contributed by atoms with Crippen LogP contribution in [0.3, 0.4) is 0 Å². The number of benzene rings is 2. The van der Waals surface area contributed by atoms with Crippen LogP contribution in [-0.2, 0) is 18.4 Å². The molecule has 2 N–H and O–H groups in total. The first-order chi connectivity index (χ1) is 9.84. The van der Waals surface area contributed by atoms with Crippen molar-refractivity contribution < 1.29 is 5.11 Å². The number of aliphatic hydroxyl groups excluding tert-OH is 1. The van der Waals surface area contributed by atoms with Crippen molar-refractivity contribution in [1.82, 2.24) is 5.32 Å². The smallest absolute Gasteiger partial charge is 0.0540 e. The average Bonchev–Trinajstić information content (AvgIpc) is 2.88. The van der Waals surface area contributed by atoms with Crippen molar-refractivity contribution in [3.05, 3.63) is 71.3 Å². The van der Waals surface area contributed by atoms with E-state index >= 15 is 0 Å². The lowest BCUT2D eigenvalue weighted by Gasteiger charge is -2.28. The van der Waals surface area contributed by atoms with Crippen LogP contribution in [0.4, 0.5) is 0 Å². The fraction of sp³-hybridized carbons (Fsp3) is 0.333. The van der Waals surface area contributed by atoms with Crippen LogP contribution < -0.4 is 5.32 Å². The Morgan fingerprint density at radius 3 is 2.55 bits per heavy atom. The van der Waals surface area contributed by atoms with Gasteiger partial charge in [-0.15, -0.1) is 0 Å². The van der Waals surface area contributed by atoms with Crippen molar-refractivity contribution in [2.24, 2.45) is 0 Å². The van der Waals surface area contributed by atoms with Crippen LogP contribution in [0.2, 0.25) is 0 Å². The van der Waals surface area contributed by atoms with E-state index in [1.807, 2.05) is 6.07 Å². The lowest BCUT2D eigenvalue weighted by atomic mass is 9.82. The maximum atomic E-state index is 9.92. The van der Waals surface area contributed by atoms with Gasteiger partial charge in [-0.2, -0.15) is 0 Å². The Kier molecular flexibility index (Phi) is 3.86. The SMILES string of the molecule is OC[C@]1(CNCc2ccccc2)CCc2ccccc21. The molecule has 0 amide bonds. The molecule has 2 aromatic rings. The molecule has 0 saturated carbocycles. The summed E-state index contributed by atoms with van der Waals surface area (Å²) >= 11 is 0. The van der Waals surface area contributed by atoms with Crippen molar-refractivity contribution in [3.8, 4) is 0 Å². The van der Waals surface area contributed by atoms with Crippen LogP contribution in [0.5, 0.6) is 0 Å². The van der Waals surface area contributed by atoms with Gasteiger partial charge in [0.1, 0.15) is 0 Å². The molecule has 1 aliphatic rings. The lowest BCUT2D eigenvalue weighted by molar-refractivity contribution is 0.188. The van der Waals surface area contributed by atoms with Gasteiger partial charge in [0.2, 0.25) is 0 Å². The molecule has 0 aliphatic heterocycles. The van der Waals surface area contributed by atoms with E-state index in [9.17, 15) is 5.11 Å². The van der Waals surface area contributed by atoms with Crippen molar-refractivity contribution in [2.75, 3.05) is 13.2 Å². The van der Waals surface area contributed by atoms with E-state index < -0.39 is 0 Å². The zero-order chi connectivity index (χ0) is 13.8. The van der Waals surface area contributed by atoms with Gasteiger partial charge < -0.3 is 10.4 Å². The summed E-state index contributed by atoms with van der Waals surface area (Å²) in [5, 5.41) is 13.4. The minimum atomic E-state index is -0.106. The molecule has 0 radical (unpaired) electrons. The van der Waals surface area contributed by atoms with Crippen LogP contribution >= 0.6 is 0 Å². The number of hydrogen-bond donors (Lipinski definition) is 2. The Morgan fingerprint density at radius 1 is 1.00 bits per heavy atom. The highest BCUT2D eigenvalue weighted by molar-refractivity contribution is 5.40. The molecule has 0 bridgehead atoms. The molecular weight excluding hydrogens is 246 g/mol. The Bertz CT molecular complexity index is 567. The fourth-order valence-electron chi connectivity index (χ4n) is 3.21. The molecule has 0 unspecified atom stereocenters. The lowest BCUT2D eigenvalue weighted by Crippen LogP contribution is -2.39. The monoisotopic (exact) mass is 267 g/mol. The molecule has 0 fully saturated rings. The first-order valence-electron chi connectivity index (χ1n) is 7.28. The van der Waals surface area contributed by atoms with E-state index in [4.69, 9.17) is 0 Å². The molecule has 1 aliphatic carbocycles. The Balaban J connectivity index is 1.69. The predicted octanol–water partition coefficient (Wildman–Crippen LogP) is 2.65.